The third-order valence-electron chi connectivity index (χ3n) is 2.32. The molecule has 90 valence electrons. The minimum Gasteiger partial charge on any atom is -0.248 e. The van der Waals surface area contributed by atoms with Crippen molar-refractivity contribution in [1.82, 2.24) is 4.98 Å². The molecule has 2 aromatic rings. The molecular formula is C13H14BrNS2. The van der Waals surface area contributed by atoms with Gasteiger partial charge < -0.3 is 0 Å². The van der Waals surface area contributed by atoms with E-state index in [0.717, 1.165) is 10.2 Å². The zero-order chi connectivity index (χ0) is 12.3. The zero-order valence-corrected chi connectivity index (χ0v) is 13.0. The van der Waals surface area contributed by atoms with Crippen LogP contribution in [-0.2, 0) is 5.75 Å². The number of benzene rings is 1. The average molecular weight is 328 g/mol. The van der Waals surface area contributed by atoms with E-state index in [0.29, 0.717) is 5.92 Å². The molecule has 0 unspecified atom stereocenters. The summed E-state index contributed by atoms with van der Waals surface area (Å²) >= 11 is 7.10. The fourth-order valence-electron chi connectivity index (χ4n) is 1.33. The van der Waals surface area contributed by atoms with Crippen molar-refractivity contribution in [3.63, 3.8) is 0 Å². The van der Waals surface area contributed by atoms with Gasteiger partial charge >= 0.3 is 0 Å². The normalized spacial score (nSPS) is 11.1. The maximum atomic E-state index is 4.46. The van der Waals surface area contributed by atoms with Gasteiger partial charge in [0.1, 0.15) is 5.01 Å². The summed E-state index contributed by atoms with van der Waals surface area (Å²) in [6.45, 7) is 4.41. The van der Waals surface area contributed by atoms with Gasteiger partial charge in [0, 0.05) is 20.4 Å². The smallest absolute Gasteiger partial charge is 0.103 e. The van der Waals surface area contributed by atoms with Gasteiger partial charge in [-0.05, 0) is 30.2 Å². The lowest BCUT2D eigenvalue weighted by Gasteiger charge is -1.99. The first-order valence-corrected chi connectivity index (χ1v) is 8.07. The summed E-state index contributed by atoms with van der Waals surface area (Å²) in [5.74, 6) is 1.54. The Morgan fingerprint density at radius 3 is 2.59 bits per heavy atom. The summed E-state index contributed by atoms with van der Waals surface area (Å²) in [4.78, 5) is 7.12. The number of rotatable bonds is 4. The van der Waals surface area contributed by atoms with E-state index in [-0.39, 0.29) is 0 Å². The third kappa shape index (κ3) is 3.83. The number of halogens is 1. The van der Waals surface area contributed by atoms with Crippen LogP contribution in [0.25, 0.3) is 0 Å². The quantitative estimate of drug-likeness (QED) is 0.704. The SMILES string of the molecule is CC(C)c1cnc(CSc2ccc(Br)cc2)s1. The van der Waals surface area contributed by atoms with Gasteiger partial charge in [0.2, 0.25) is 0 Å². The van der Waals surface area contributed by atoms with Gasteiger partial charge in [-0.2, -0.15) is 0 Å². The van der Waals surface area contributed by atoms with Crippen molar-refractivity contribution in [3.8, 4) is 0 Å². The monoisotopic (exact) mass is 327 g/mol. The Labute approximate surface area is 119 Å². The summed E-state index contributed by atoms with van der Waals surface area (Å²) in [5.41, 5.74) is 0. The second-order valence-corrected chi connectivity index (χ2v) is 7.16. The van der Waals surface area contributed by atoms with E-state index in [9.17, 15) is 0 Å². The van der Waals surface area contributed by atoms with Crippen LogP contribution < -0.4 is 0 Å². The molecule has 0 bridgehead atoms. The summed E-state index contributed by atoms with van der Waals surface area (Å²) < 4.78 is 1.12. The van der Waals surface area contributed by atoms with Crippen LogP contribution >= 0.6 is 39.0 Å². The molecule has 2 rings (SSSR count). The van der Waals surface area contributed by atoms with E-state index < -0.39 is 0 Å². The second kappa shape index (κ2) is 6.03. The number of aromatic nitrogens is 1. The first kappa shape index (κ1) is 13.1. The van der Waals surface area contributed by atoms with E-state index >= 15 is 0 Å². The van der Waals surface area contributed by atoms with Crippen LogP contribution in [0.2, 0.25) is 0 Å². The van der Waals surface area contributed by atoms with Crippen molar-refractivity contribution in [2.45, 2.75) is 30.4 Å². The van der Waals surface area contributed by atoms with E-state index in [2.05, 4.69) is 59.0 Å². The molecule has 1 heterocycles. The standard InChI is InChI=1S/C13H14BrNS2/c1-9(2)12-7-15-13(17-12)8-16-11-5-3-10(14)4-6-11/h3-7,9H,8H2,1-2H3. The minimum atomic E-state index is 0.582. The van der Waals surface area contributed by atoms with Crippen LogP contribution in [0.4, 0.5) is 0 Å². The Balaban J connectivity index is 1.95. The van der Waals surface area contributed by atoms with Crippen LogP contribution in [-0.4, -0.2) is 4.98 Å². The lowest BCUT2D eigenvalue weighted by atomic mass is 10.2. The van der Waals surface area contributed by atoms with Crippen LogP contribution in [0.5, 0.6) is 0 Å². The molecule has 0 aliphatic heterocycles. The highest BCUT2D eigenvalue weighted by Crippen LogP contribution is 2.28. The minimum absolute atomic E-state index is 0.582. The second-order valence-electron chi connectivity index (χ2n) is 4.05. The average Bonchev–Trinajstić information content (AvgIpc) is 2.77. The molecule has 0 atom stereocenters. The van der Waals surface area contributed by atoms with Crippen LogP contribution in [0.3, 0.4) is 0 Å². The van der Waals surface area contributed by atoms with Gasteiger partial charge in [-0.25, -0.2) is 4.98 Å². The topological polar surface area (TPSA) is 12.9 Å². The van der Waals surface area contributed by atoms with E-state index in [1.807, 2.05) is 29.3 Å². The lowest BCUT2D eigenvalue weighted by molar-refractivity contribution is 0.885. The number of thiazole rings is 1. The van der Waals surface area contributed by atoms with Crippen molar-refractivity contribution < 1.29 is 0 Å². The van der Waals surface area contributed by atoms with Crippen LogP contribution in [0.15, 0.2) is 39.8 Å². The van der Waals surface area contributed by atoms with Gasteiger partial charge in [0.05, 0.1) is 5.75 Å². The van der Waals surface area contributed by atoms with Gasteiger partial charge in [-0.1, -0.05) is 29.8 Å². The molecule has 0 spiro atoms. The molecule has 1 aromatic heterocycles. The third-order valence-corrected chi connectivity index (χ3v) is 5.35. The van der Waals surface area contributed by atoms with Gasteiger partial charge in [-0.3, -0.25) is 0 Å². The van der Waals surface area contributed by atoms with Crippen molar-refractivity contribution in [1.29, 1.82) is 0 Å². The van der Waals surface area contributed by atoms with Crippen LogP contribution in [0, 0.1) is 0 Å². The number of hydrogen-bond donors (Lipinski definition) is 0. The van der Waals surface area contributed by atoms with E-state index in [1.165, 1.54) is 14.8 Å². The molecule has 0 N–H and O–H groups in total. The maximum Gasteiger partial charge on any atom is 0.103 e. The number of thioether (sulfide) groups is 1. The molecule has 0 amide bonds. The van der Waals surface area contributed by atoms with Crippen molar-refractivity contribution >= 4 is 39.0 Å². The van der Waals surface area contributed by atoms with Gasteiger partial charge in [-0.15, -0.1) is 23.1 Å². The largest absolute Gasteiger partial charge is 0.248 e. The lowest BCUT2D eigenvalue weighted by Crippen LogP contribution is -1.78. The highest BCUT2D eigenvalue weighted by atomic mass is 79.9. The fourth-order valence-corrected chi connectivity index (χ4v) is 3.42. The number of hydrogen-bond acceptors (Lipinski definition) is 3. The summed E-state index contributed by atoms with van der Waals surface area (Å²) in [5, 5.41) is 1.21. The van der Waals surface area contributed by atoms with Crippen molar-refractivity contribution in [2.24, 2.45) is 0 Å². The van der Waals surface area contributed by atoms with Crippen LogP contribution in [0.1, 0.15) is 29.7 Å². The van der Waals surface area contributed by atoms with Gasteiger partial charge in [0.25, 0.3) is 0 Å². The summed E-state index contributed by atoms with van der Waals surface area (Å²) in [6, 6.07) is 8.41. The van der Waals surface area contributed by atoms with E-state index in [1.54, 1.807) is 0 Å². The molecule has 0 aliphatic rings. The molecule has 0 saturated heterocycles. The first-order chi connectivity index (χ1) is 8.15. The predicted molar refractivity (Wildman–Crippen MR) is 79.9 cm³/mol. The molecule has 0 radical (unpaired) electrons. The Morgan fingerprint density at radius 2 is 2.00 bits per heavy atom. The molecule has 4 heteroatoms. The predicted octanol–water partition coefficient (Wildman–Crippen LogP) is 5.32. The molecule has 0 fully saturated rings. The fraction of sp³-hybridized carbons (Fsp3) is 0.308. The Morgan fingerprint density at radius 1 is 1.29 bits per heavy atom. The molecule has 0 aliphatic carbocycles. The number of nitrogens with zero attached hydrogens (tertiary/aromatic N) is 1. The highest BCUT2D eigenvalue weighted by Gasteiger charge is 2.05. The van der Waals surface area contributed by atoms with E-state index in [4.69, 9.17) is 0 Å². The van der Waals surface area contributed by atoms with Gasteiger partial charge in [0.15, 0.2) is 0 Å². The maximum absolute atomic E-state index is 4.46. The molecule has 0 saturated carbocycles. The first-order valence-electron chi connectivity index (χ1n) is 5.48. The molecular weight excluding hydrogens is 314 g/mol. The van der Waals surface area contributed by atoms with Crippen molar-refractivity contribution in [3.05, 3.63) is 44.8 Å². The zero-order valence-electron chi connectivity index (χ0n) is 9.81. The molecule has 1 aromatic carbocycles. The summed E-state index contributed by atoms with van der Waals surface area (Å²) in [7, 11) is 0. The molecule has 17 heavy (non-hydrogen) atoms. The Bertz CT molecular complexity index is 476. The Hall–Kier alpha value is -0.320. The molecule has 1 nitrogen and oxygen atoms in total. The Kier molecular flexibility index (Phi) is 4.65. The summed E-state index contributed by atoms with van der Waals surface area (Å²) in [6.07, 6.45) is 2.01. The highest BCUT2D eigenvalue weighted by molar-refractivity contribution is 9.10. The van der Waals surface area contributed by atoms with Crippen molar-refractivity contribution in [2.75, 3.05) is 0 Å².